The summed E-state index contributed by atoms with van der Waals surface area (Å²) in [4.78, 5) is 4.49. The molecule has 1 aliphatic carbocycles. The van der Waals surface area contributed by atoms with Gasteiger partial charge in [0.2, 0.25) is 0 Å². The average molecular weight is 284 g/mol. The second-order valence-corrected chi connectivity index (χ2v) is 7.22. The summed E-state index contributed by atoms with van der Waals surface area (Å²) < 4.78 is 14.6. The number of hydrogen-bond acceptors (Lipinski definition) is 3. The first-order valence-corrected chi connectivity index (χ1v) is 7.69. The summed E-state index contributed by atoms with van der Waals surface area (Å²) >= 11 is 0. The Hall–Kier alpha value is -1.33. The van der Waals surface area contributed by atoms with Gasteiger partial charge in [-0.05, 0) is 58.1 Å². The van der Waals surface area contributed by atoms with E-state index in [1.807, 2.05) is 6.33 Å². The highest BCUT2D eigenvalue weighted by Crippen LogP contribution is 2.38. The van der Waals surface area contributed by atoms with Crippen molar-refractivity contribution in [2.24, 2.45) is 0 Å². The molecule has 5 heteroatoms. The lowest BCUT2D eigenvalue weighted by Crippen LogP contribution is -2.41. The Kier molecular flexibility index (Phi) is 2.61. The number of benzene rings is 1. The first-order chi connectivity index (χ1) is 9.87. The smallest absolute Gasteiger partial charge is 0.399 e. The van der Waals surface area contributed by atoms with Gasteiger partial charge in [0.05, 0.1) is 28.6 Å². The van der Waals surface area contributed by atoms with E-state index in [0.29, 0.717) is 6.04 Å². The van der Waals surface area contributed by atoms with Crippen LogP contribution in [0, 0.1) is 0 Å². The largest absolute Gasteiger partial charge is 0.494 e. The molecule has 2 fully saturated rings. The zero-order chi connectivity index (χ0) is 14.8. The lowest BCUT2D eigenvalue weighted by molar-refractivity contribution is 0.00578. The Morgan fingerprint density at radius 1 is 1.14 bits per heavy atom. The summed E-state index contributed by atoms with van der Waals surface area (Å²) in [7, 11) is -0.304. The summed E-state index contributed by atoms with van der Waals surface area (Å²) in [6, 6.07) is 6.93. The van der Waals surface area contributed by atoms with Gasteiger partial charge in [0.25, 0.3) is 0 Å². The molecule has 0 spiro atoms. The van der Waals surface area contributed by atoms with Crippen molar-refractivity contribution in [1.29, 1.82) is 0 Å². The van der Waals surface area contributed by atoms with Gasteiger partial charge in [-0.3, -0.25) is 0 Å². The molecule has 0 atom stereocenters. The van der Waals surface area contributed by atoms with E-state index >= 15 is 0 Å². The molecule has 0 radical (unpaired) electrons. The van der Waals surface area contributed by atoms with E-state index in [1.165, 1.54) is 18.4 Å². The van der Waals surface area contributed by atoms with Gasteiger partial charge < -0.3 is 13.9 Å². The van der Waals surface area contributed by atoms with Crippen LogP contribution < -0.4 is 5.46 Å². The molecule has 1 saturated carbocycles. The van der Waals surface area contributed by atoms with E-state index in [4.69, 9.17) is 9.31 Å². The standard InChI is InChI=1S/C16H21BN2O2/c1-15(2)16(3,4)21-17(20-15)11-5-8-13-14(9-11)19(10-18-13)12-6-7-12/h5,8-10,12H,6-7H2,1-4H3. The summed E-state index contributed by atoms with van der Waals surface area (Å²) in [6.45, 7) is 8.33. The Balaban J connectivity index is 1.73. The molecule has 2 heterocycles. The topological polar surface area (TPSA) is 36.3 Å². The molecule has 1 saturated heterocycles. The Morgan fingerprint density at radius 3 is 2.43 bits per heavy atom. The van der Waals surface area contributed by atoms with Gasteiger partial charge >= 0.3 is 7.12 Å². The quantitative estimate of drug-likeness (QED) is 0.795. The summed E-state index contributed by atoms with van der Waals surface area (Å²) in [6.07, 6.45) is 4.47. The van der Waals surface area contributed by atoms with Gasteiger partial charge in [-0.25, -0.2) is 4.98 Å². The Morgan fingerprint density at radius 2 is 1.81 bits per heavy atom. The maximum absolute atomic E-state index is 6.14. The lowest BCUT2D eigenvalue weighted by Gasteiger charge is -2.32. The highest BCUT2D eigenvalue weighted by molar-refractivity contribution is 6.62. The number of fused-ring (bicyclic) bond motifs is 1. The van der Waals surface area contributed by atoms with Crippen molar-refractivity contribution < 1.29 is 9.31 Å². The van der Waals surface area contributed by atoms with Crippen LogP contribution >= 0.6 is 0 Å². The van der Waals surface area contributed by atoms with E-state index in [2.05, 4.69) is 55.4 Å². The van der Waals surface area contributed by atoms with Gasteiger partial charge in [0.15, 0.2) is 0 Å². The van der Waals surface area contributed by atoms with Crippen molar-refractivity contribution in [3.8, 4) is 0 Å². The monoisotopic (exact) mass is 284 g/mol. The molecule has 0 N–H and O–H groups in total. The fourth-order valence-electron chi connectivity index (χ4n) is 2.81. The Labute approximate surface area is 125 Å². The van der Waals surface area contributed by atoms with Gasteiger partial charge in [0.1, 0.15) is 0 Å². The zero-order valence-corrected chi connectivity index (χ0v) is 13.1. The minimum Gasteiger partial charge on any atom is -0.399 e. The molecule has 2 aromatic rings. The molecule has 1 aromatic heterocycles. The third-order valence-corrected chi connectivity index (χ3v) is 5.06. The second kappa shape index (κ2) is 4.11. The molecule has 21 heavy (non-hydrogen) atoms. The summed E-state index contributed by atoms with van der Waals surface area (Å²) in [5.41, 5.74) is 2.70. The number of hydrogen-bond donors (Lipinski definition) is 0. The lowest BCUT2D eigenvalue weighted by atomic mass is 9.79. The average Bonchev–Trinajstić information content (AvgIpc) is 3.11. The number of aromatic nitrogens is 2. The van der Waals surface area contributed by atoms with Crippen molar-refractivity contribution >= 4 is 23.6 Å². The van der Waals surface area contributed by atoms with E-state index in [-0.39, 0.29) is 18.3 Å². The molecule has 0 unspecified atom stereocenters. The van der Waals surface area contributed by atoms with Crippen LogP contribution in [0.4, 0.5) is 0 Å². The SMILES string of the molecule is CC1(C)OB(c2ccc3ncn(C4CC4)c3c2)OC1(C)C. The van der Waals surface area contributed by atoms with E-state index in [0.717, 1.165) is 11.0 Å². The number of nitrogens with zero attached hydrogens (tertiary/aromatic N) is 2. The summed E-state index contributed by atoms with van der Waals surface area (Å²) in [5.74, 6) is 0. The van der Waals surface area contributed by atoms with Crippen LogP contribution in [-0.4, -0.2) is 27.9 Å². The van der Waals surface area contributed by atoms with Crippen molar-refractivity contribution in [2.45, 2.75) is 57.8 Å². The molecule has 110 valence electrons. The minimum atomic E-state index is -0.304. The van der Waals surface area contributed by atoms with E-state index < -0.39 is 0 Å². The maximum Gasteiger partial charge on any atom is 0.494 e. The van der Waals surface area contributed by atoms with Crippen LogP contribution in [0.2, 0.25) is 0 Å². The van der Waals surface area contributed by atoms with Crippen LogP contribution in [-0.2, 0) is 9.31 Å². The predicted octanol–water partition coefficient (Wildman–Crippen LogP) is 2.67. The minimum absolute atomic E-state index is 0.302. The first-order valence-electron chi connectivity index (χ1n) is 7.69. The van der Waals surface area contributed by atoms with Crippen LogP contribution in [0.25, 0.3) is 11.0 Å². The third kappa shape index (κ3) is 2.02. The second-order valence-electron chi connectivity index (χ2n) is 7.22. The van der Waals surface area contributed by atoms with Crippen molar-refractivity contribution in [3.05, 3.63) is 24.5 Å². The first kappa shape index (κ1) is 13.3. The van der Waals surface area contributed by atoms with Crippen LogP contribution in [0.15, 0.2) is 24.5 Å². The maximum atomic E-state index is 6.14. The molecule has 4 rings (SSSR count). The number of imidazole rings is 1. The predicted molar refractivity (Wildman–Crippen MR) is 83.7 cm³/mol. The van der Waals surface area contributed by atoms with Gasteiger partial charge in [-0.1, -0.05) is 6.07 Å². The van der Waals surface area contributed by atoms with Crippen molar-refractivity contribution in [1.82, 2.24) is 9.55 Å². The van der Waals surface area contributed by atoms with E-state index in [9.17, 15) is 0 Å². The number of rotatable bonds is 2. The molecular weight excluding hydrogens is 263 g/mol. The van der Waals surface area contributed by atoms with Crippen molar-refractivity contribution in [2.75, 3.05) is 0 Å². The van der Waals surface area contributed by atoms with Crippen molar-refractivity contribution in [3.63, 3.8) is 0 Å². The van der Waals surface area contributed by atoms with Crippen LogP contribution in [0.1, 0.15) is 46.6 Å². The molecule has 1 aromatic carbocycles. The van der Waals surface area contributed by atoms with Crippen LogP contribution in [0.3, 0.4) is 0 Å². The normalized spacial score (nSPS) is 23.9. The van der Waals surface area contributed by atoms with Gasteiger partial charge in [-0.15, -0.1) is 0 Å². The molecule has 4 nitrogen and oxygen atoms in total. The highest BCUT2D eigenvalue weighted by atomic mass is 16.7. The fourth-order valence-corrected chi connectivity index (χ4v) is 2.81. The molecule has 2 aliphatic rings. The Bertz CT molecular complexity index is 687. The fraction of sp³-hybridized carbons (Fsp3) is 0.562. The van der Waals surface area contributed by atoms with Gasteiger partial charge in [-0.2, -0.15) is 0 Å². The molecule has 0 bridgehead atoms. The highest BCUT2D eigenvalue weighted by Gasteiger charge is 2.51. The zero-order valence-electron chi connectivity index (χ0n) is 13.1. The molecular formula is C16H21BN2O2. The van der Waals surface area contributed by atoms with E-state index in [1.54, 1.807) is 0 Å². The summed E-state index contributed by atoms with van der Waals surface area (Å²) in [5, 5.41) is 0. The molecule has 1 aliphatic heterocycles. The third-order valence-electron chi connectivity index (χ3n) is 5.06. The molecule has 0 amide bonds. The van der Waals surface area contributed by atoms with Crippen LogP contribution in [0.5, 0.6) is 0 Å². The van der Waals surface area contributed by atoms with Gasteiger partial charge in [0, 0.05) is 6.04 Å².